The molecule has 3 aromatic rings. The summed E-state index contributed by atoms with van der Waals surface area (Å²) >= 11 is 0. The van der Waals surface area contributed by atoms with Crippen molar-refractivity contribution >= 4 is 11.8 Å². The molecule has 0 N–H and O–H groups in total. The van der Waals surface area contributed by atoms with Gasteiger partial charge < -0.3 is 23.7 Å². The van der Waals surface area contributed by atoms with E-state index in [0.717, 1.165) is 12.0 Å². The van der Waals surface area contributed by atoms with Gasteiger partial charge in [-0.3, -0.25) is 9.59 Å². The van der Waals surface area contributed by atoms with Gasteiger partial charge in [0, 0.05) is 18.5 Å². The summed E-state index contributed by atoms with van der Waals surface area (Å²) in [6, 6.07) is 19.5. The van der Waals surface area contributed by atoms with Crippen molar-refractivity contribution in [2.75, 3.05) is 27.3 Å². The summed E-state index contributed by atoms with van der Waals surface area (Å²) in [5.74, 6) is 2.13. The minimum absolute atomic E-state index is 0.0428. The van der Waals surface area contributed by atoms with Crippen LogP contribution in [0.3, 0.4) is 0 Å². The molecule has 1 aliphatic rings. The molecular formula is C30H36N2O5. The van der Waals surface area contributed by atoms with Crippen molar-refractivity contribution in [1.82, 2.24) is 9.80 Å². The molecule has 1 fully saturated rings. The first-order valence-corrected chi connectivity index (χ1v) is 12.8. The van der Waals surface area contributed by atoms with E-state index in [-0.39, 0.29) is 36.2 Å². The van der Waals surface area contributed by atoms with Crippen molar-refractivity contribution in [1.29, 1.82) is 0 Å². The summed E-state index contributed by atoms with van der Waals surface area (Å²) in [4.78, 5) is 30.5. The van der Waals surface area contributed by atoms with Crippen molar-refractivity contribution < 1.29 is 23.5 Å². The molecule has 0 spiro atoms. The van der Waals surface area contributed by atoms with Crippen molar-refractivity contribution in [2.24, 2.45) is 5.92 Å². The number of methoxy groups -OCH3 is 2. The maximum Gasteiger partial charge on any atom is 0.242 e. The summed E-state index contributed by atoms with van der Waals surface area (Å²) in [6.07, 6.45) is 3.06. The molecule has 2 amide bonds. The predicted octanol–water partition coefficient (Wildman–Crippen LogP) is 4.91. The third kappa shape index (κ3) is 6.53. The van der Waals surface area contributed by atoms with Crippen molar-refractivity contribution in [3.05, 3.63) is 83.8 Å². The lowest BCUT2D eigenvalue weighted by molar-refractivity contribution is -0.143. The molecule has 7 nitrogen and oxygen atoms in total. The van der Waals surface area contributed by atoms with Gasteiger partial charge in [-0.05, 0) is 68.0 Å². The van der Waals surface area contributed by atoms with Crippen LogP contribution in [0.25, 0.3) is 0 Å². The van der Waals surface area contributed by atoms with Gasteiger partial charge in [-0.25, -0.2) is 0 Å². The molecule has 1 saturated carbocycles. The normalized spacial score (nSPS) is 16.4. The largest absolute Gasteiger partial charge is 0.493 e. The number of hydrogen-bond acceptors (Lipinski definition) is 5. The Bertz CT molecular complexity index is 1180. The Morgan fingerprint density at radius 3 is 2.41 bits per heavy atom. The molecule has 2 unspecified atom stereocenters. The van der Waals surface area contributed by atoms with Crippen LogP contribution >= 0.6 is 0 Å². The summed E-state index contributed by atoms with van der Waals surface area (Å²) in [5, 5.41) is 0. The second kappa shape index (κ2) is 12.0. The first-order chi connectivity index (χ1) is 17.9. The highest BCUT2D eigenvalue weighted by molar-refractivity contribution is 5.88. The first kappa shape index (κ1) is 26.3. The van der Waals surface area contributed by atoms with E-state index in [9.17, 15) is 9.59 Å². The van der Waals surface area contributed by atoms with E-state index in [1.54, 1.807) is 30.3 Å². The molecular weight excluding hydrogens is 468 g/mol. The minimum atomic E-state index is -0.101. The fraction of sp³-hybridized carbons (Fsp3) is 0.400. The predicted molar refractivity (Wildman–Crippen MR) is 142 cm³/mol. The highest BCUT2D eigenvalue weighted by atomic mass is 16.5. The Balaban J connectivity index is 1.45. The zero-order chi connectivity index (χ0) is 26.4. The standard InChI is InChI=1S/C30H36N2O5/c1-21(2)32(30(34)26-18-25(26)23-9-6-5-7-10-23)20-29(33)31(19-24-11-8-16-37-24)15-14-22-12-13-27(35-3)28(17-22)36-4/h5-13,16-17,21,25-26H,14-15,18-20H2,1-4H3. The van der Waals surface area contributed by atoms with Gasteiger partial charge in [0.25, 0.3) is 0 Å². The number of benzene rings is 2. The Kier molecular flexibility index (Phi) is 8.54. The zero-order valence-electron chi connectivity index (χ0n) is 22.1. The van der Waals surface area contributed by atoms with E-state index in [1.165, 1.54) is 5.56 Å². The Morgan fingerprint density at radius 1 is 1.00 bits per heavy atom. The van der Waals surface area contributed by atoms with Crippen LogP contribution in [0.15, 0.2) is 71.3 Å². The Labute approximate surface area is 219 Å². The first-order valence-electron chi connectivity index (χ1n) is 12.8. The summed E-state index contributed by atoms with van der Waals surface area (Å²) < 4.78 is 16.3. The van der Waals surface area contributed by atoms with Crippen LogP contribution < -0.4 is 9.47 Å². The van der Waals surface area contributed by atoms with E-state index in [4.69, 9.17) is 13.9 Å². The summed E-state index contributed by atoms with van der Waals surface area (Å²) in [5.41, 5.74) is 2.21. The number of hydrogen-bond donors (Lipinski definition) is 0. The van der Waals surface area contributed by atoms with E-state index in [2.05, 4.69) is 12.1 Å². The number of rotatable bonds is 12. The Morgan fingerprint density at radius 2 is 1.76 bits per heavy atom. The lowest BCUT2D eigenvalue weighted by atomic mass is 10.1. The van der Waals surface area contributed by atoms with Crippen LogP contribution in [0.1, 0.15) is 43.1 Å². The molecule has 1 heterocycles. The van der Waals surface area contributed by atoms with Crippen LogP contribution in [0.5, 0.6) is 11.5 Å². The zero-order valence-corrected chi connectivity index (χ0v) is 22.1. The number of nitrogens with zero attached hydrogens (tertiary/aromatic N) is 2. The summed E-state index contributed by atoms with van der Waals surface area (Å²) in [6.45, 7) is 4.79. The highest BCUT2D eigenvalue weighted by Gasteiger charge is 2.46. The van der Waals surface area contributed by atoms with E-state index in [1.807, 2.05) is 62.4 Å². The van der Waals surface area contributed by atoms with E-state index < -0.39 is 0 Å². The van der Waals surface area contributed by atoms with Gasteiger partial charge in [0.15, 0.2) is 11.5 Å². The number of furan rings is 1. The SMILES string of the molecule is COc1ccc(CCN(Cc2ccco2)C(=O)CN(C(=O)C2CC2c2ccccc2)C(C)C)cc1OC. The number of amides is 2. The molecule has 2 atom stereocenters. The van der Waals surface area contributed by atoms with E-state index >= 15 is 0 Å². The number of carbonyl (C=O) groups excluding carboxylic acids is 2. The second-order valence-electron chi connectivity index (χ2n) is 9.75. The molecule has 7 heteroatoms. The Hall–Kier alpha value is -3.74. The van der Waals surface area contributed by atoms with Gasteiger partial charge in [0.1, 0.15) is 5.76 Å². The molecule has 0 saturated heterocycles. The fourth-order valence-electron chi connectivity index (χ4n) is 4.69. The molecule has 0 aliphatic heterocycles. The van der Waals surface area contributed by atoms with Crippen LogP contribution in [-0.2, 0) is 22.6 Å². The van der Waals surface area contributed by atoms with Gasteiger partial charge >= 0.3 is 0 Å². The lowest BCUT2D eigenvalue weighted by Crippen LogP contribution is -2.46. The molecule has 37 heavy (non-hydrogen) atoms. The van der Waals surface area contributed by atoms with Crippen LogP contribution in [-0.4, -0.2) is 55.0 Å². The smallest absolute Gasteiger partial charge is 0.242 e. The van der Waals surface area contributed by atoms with Gasteiger partial charge in [0.2, 0.25) is 11.8 Å². The maximum absolute atomic E-state index is 13.6. The monoisotopic (exact) mass is 504 g/mol. The number of carbonyl (C=O) groups is 2. The van der Waals surface area contributed by atoms with Crippen molar-refractivity contribution in [2.45, 2.75) is 45.2 Å². The van der Waals surface area contributed by atoms with Crippen LogP contribution in [0.4, 0.5) is 0 Å². The quantitative estimate of drug-likeness (QED) is 0.351. The molecule has 0 bridgehead atoms. The molecule has 4 rings (SSSR count). The average molecular weight is 505 g/mol. The summed E-state index contributed by atoms with van der Waals surface area (Å²) in [7, 11) is 3.21. The third-order valence-electron chi connectivity index (χ3n) is 6.95. The van der Waals surface area contributed by atoms with Crippen molar-refractivity contribution in [3.63, 3.8) is 0 Å². The van der Waals surface area contributed by atoms with Gasteiger partial charge in [0.05, 0.1) is 33.6 Å². The van der Waals surface area contributed by atoms with Crippen LogP contribution in [0, 0.1) is 5.92 Å². The molecule has 196 valence electrons. The molecule has 2 aromatic carbocycles. The number of ether oxygens (including phenoxy) is 2. The minimum Gasteiger partial charge on any atom is -0.493 e. The van der Waals surface area contributed by atoms with Crippen LogP contribution in [0.2, 0.25) is 0 Å². The topological polar surface area (TPSA) is 72.2 Å². The molecule has 1 aliphatic carbocycles. The molecule has 1 aromatic heterocycles. The molecule has 0 radical (unpaired) electrons. The fourth-order valence-corrected chi connectivity index (χ4v) is 4.69. The third-order valence-corrected chi connectivity index (χ3v) is 6.95. The lowest BCUT2D eigenvalue weighted by Gasteiger charge is -2.30. The highest BCUT2D eigenvalue weighted by Crippen LogP contribution is 2.48. The van der Waals surface area contributed by atoms with Crippen molar-refractivity contribution in [3.8, 4) is 11.5 Å². The van der Waals surface area contributed by atoms with Gasteiger partial charge in [-0.1, -0.05) is 36.4 Å². The second-order valence-corrected chi connectivity index (χ2v) is 9.75. The van der Waals surface area contributed by atoms with Gasteiger partial charge in [-0.2, -0.15) is 0 Å². The van der Waals surface area contributed by atoms with Gasteiger partial charge in [-0.15, -0.1) is 0 Å². The maximum atomic E-state index is 13.6. The average Bonchev–Trinajstić information content (AvgIpc) is 3.56. The van der Waals surface area contributed by atoms with E-state index in [0.29, 0.717) is 36.8 Å².